The highest BCUT2D eigenvalue weighted by molar-refractivity contribution is 5.91. The molecule has 2 atom stereocenters. The van der Waals surface area contributed by atoms with Crippen LogP contribution in [0.3, 0.4) is 0 Å². The SMILES string of the molecule is O=C(Cc1ccccn1)Nc1ccc(C[C@H]2C[C@@H]2Cc2ccc(NC(=O)Cc3ccccn3)nn2)nn1. The molecule has 1 aliphatic carbocycles. The van der Waals surface area contributed by atoms with Crippen LogP contribution in [0.4, 0.5) is 11.6 Å². The number of amides is 2. The van der Waals surface area contributed by atoms with Crippen molar-refractivity contribution in [1.29, 1.82) is 0 Å². The molecule has 4 heterocycles. The van der Waals surface area contributed by atoms with E-state index >= 15 is 0 Å². The van der Waals surface area contributed by atoms with Gasteiger partial charge in [-0.2, -0.15) is 10.2 Å². The molecule has 37 heavy (non-hydrogen) atoms. The Bertz CT molecular complexity index is 1230. The second-order valence-electron chi connectivity index (χ2n) is 9.08. The van der Waals surface area contributed by atoms with Gasteiger partial charge in [0, 0.05) is 23.8 Å². The number of carbonyl (C=O) groups excluding carboxylic acids is 2. The Kier molecular flexibility index (Phi) is 7.44. The molecule has 5 rings (SSSR count). The molecule has 10 nitrogen and oxygen atoms in total. The Balaban J connectivity index is 1.04. The van der Waals surface area contributed by atoms with E-state index in [9.17, 15) is 9.59 Å². The Morgan fingerprint density at radius 1 is 0.622 bits per heavy atom. The summed E-state index contributed by atoms with van der Waals surface area (Å²) in [6, 6.07) is 18.3. The lowest BCUT2D eigenvalue weighted by atomic mass is 10.1. The van der Waals surface area contributed by atoms with Crippen LogP contribution < -0.4 is 10.6 Å². The minimum Gasteiger partial charge on any atom is -0.309 e. The molecular formula is C27H26N8O2. The van der Waals surface area contributed by atoms with Crippen LogP contribution in [-0.4, -0.2) is 42.2 Å². The second-order valence-corrected chi connectivity index (χ2v) is 9.08. The van der Waals surface area contributed by atoms with Crippen molar-refractivity contribution in [3.63, 3.8) is 0 Å². The number of hydrogen-bond acceptors (Lipinski definition) is 8. The molecule has 186 valence electrons. The molecule has 0 unspecified atom stereocenters. The molecular weight excluding hydrogens is 468 g/mol. The average molecular weight is 495 g/mol. The van der Waals surface area contributed by atoms with Gasteiger partial charge >= 0.3 is 0 Å². The van der Waals surface area contributed by atoms with Gasteiger partial charge in [-0.15, -0.1) is 10.2 Å². The molecule has 1 aliphatic rings. The summed E-state index contributed by atoms with van der Waals surface area (Å²) in [5.74, 6) is 1.53. The Labute approximate surface area is 214 Å². The zero-order chi connectivity index (χ0) is 25.5. The summed E-state index contributed by atoms with van der Waals surface area (Å²) in [6.45, 7) is 0. The van der Waals surface area contributed by atoms with E-state index in [-0.39, 0.29) is 24.7 Å². The molecule has 1 fully saturated rings. The maximum atomic E-state index is 12.2. The predicted octanol–water partition coefficient (Wildman–Crippen LogP) is 2.84. The summed E-state index contributed by atoms with van der Waals surface area (Å²) in [5.41, 5.74) is 3.20. The van der Waals surface area contributed by atoms with E-state index in [0.29, 0.717) is 34.9 Å². The van der Waals surface area contributed by atoms with E-state index in [1.54, 1.807) is 24.5 Å². The zero-order valence-electron chi connectivity index (χ0n) is 20.1. The van der Waals surface area contributed by atoms with Gasteiger partial charge in [0.05, 0.1) is 24.2 Å². The Hall–Kier alpha value is -4.60. The standard InChI is InChI=1S/C27H26N8O2/c36-26(16-20-5-1-3-11-28-20)30-24-9-7-22(32-34-24)14-18-13-19(18)15-23-8-10-25(35-33-23)31-27(37)17-21-6-2-4-12-29-21/h1-12,18-19H,13-17H2,(H,30,34,36)(H,31,35,37)/t18-,19-/m1/s1. The normalized spacial score (nSPS) is 16.1. The van der Waals surface area contributed by atoms with Crippen LogP contribution in [0, 0.1) is 11.8 Å². The second kappa shape index (κ2) is 11.4. The first-order valence-corrected chi connectivity index (χ1v) is 12.2. The Morgan fingerprint density at radius 2 is 1.11 bits per heavy atom. The summed E-state index contributed by atoms with van der Waals surface area (Å²) in [6.07, 6.45) is 6.45. The monoisotopic (exact) mass is 494 g/mol. The number of hydrogen-bond donors (Lipinski definition) is 2. The average Bonchev–Trinajstić information content (AvgIpc) is 3.64. The van der Waals surface area contributed by atoms with Crippen LogP contribution in [0.15, 0.2) is 73.1 Å². The van der Waals surface area contributed by atoms with Gasteiger partial charge in [0.15, 0.2) is 11.6 Å². The van der Waals surface area contributed by atoms with Crippen molar-refractivity contribution in [1.82, 2.24) is 30.4 Å². The van der Waals surface area contributed by atoms with Crippen molar-refractivity contribution < 1.29 is 9.59 Å². The third-order valence-electron chi connectivity index (χ3n) is 6.12. The number of carbonyl (C=O) groups is 2. The fourth-order valence-corrected chi connectivity index (χ4v) is 4.13. The smallest absolute Gasteiger partial charge is 0.231 e. The topological polar surface area (TPSA) is 136 Å². The number of rotatable bonds is 10. The third-order valence-corrected chi connectivity index (χ3v) is 6.12. The summed E-state index contributed by atoms with van der Waals surface area (Å²) in [4.78, 5) is 32.6. The fourth-order valence-electron chi connectivity index (χ4n) is 4.13. The maximum Gasteiger partial charge on any atom is 0.231 e. The molecule has 2 N–H and O–H groups in total. The molecule has 0 spiro atoms. The highest BCUT2D eigenvalue weighted by Gasteiger charge is 2.37. The molecule has 0 bridgehead atoms. The minimum atomic E-state index is -0.178. The van der Waals surface area contributed by atoms with Crippen LogP contribution in [0.1, 0.15) is 29.2 Å². The first-order chi connectivity index (χ1) is 18.1. The third kappa shape index (κ3) is 7.20. The van der Waals surface area contributed by atoms with E-state index < -0.39 is 0 Å². The molecule has 10 heteroatoms. The highest BCUT2D eigenvalue weighted by Crippen LogP contribution is 2.42. The molecule has 2 amide bonds. The number of aromatic nitrogens is 6. The highest BCUT2D eigenvalue weighted by atomic mass is 16.2. The molecule has 4 aromatic rings. The van der Waals surface area contributed by atoms with E-state index in [1.807, 2.05) is 48.5 Å². The van der Waals surface area contributed by atoms with Crippen LogP contribution >= 0.6 is 0 Å². The van der Waals surface area contributed by atoms with Crippen molar-refractivity contribution in [2.75, 3.05) is 10.6 Å². The molecule has 0 radical (unpaired) electrons. The lowest BCUT2D eigenvalue weighted by Gasteiger charge is -2.05. The van der Waals surface area contributed by atoms with Crippen LogP contribution in [0.2, 0.25) is 0 Å². The van der Waals surface area contributed by atoms with Crippen molar-refractivity contribution in [3.05, 3.63) is 95.8 Å². The lowest BCUT2D eigenvalue weighted by Crippen LogP contribution is -2.16. The van der Waals surface area contributed by atoms with Crippen LogP contribution in [0.5, 0.6) is 0 Å². The first-order valence-electron chi connectivity index (χ1n) is 12.2. The van der Waals surface area contributed by atoms with Crippen molar-refractivity contribution in [2.45, 2.75) is 32.1 Å². The fraction of sp³-hybridized carbons (Fsp3) is 0.259. The summed E-state index contributed by atoms with van der Waals surface area (Å²) >= 11 is 0. The number of nitrogens with one attached hydrogen (secondary N) is 2. The van der Waals surface area contributed by atoms with Crippen LogP contribution in [-0.2, 0) is 35.3 Å². The van der Waals surface area contributed by atoms with E-state index in [4.69, 9.17) is 0 Å². The van der Waals surface area contributed by atoms with Crippen molar-refractivity contribution in [3.8, 4) is 0 Å². The van der Waals surface area contributed by atoms with Crippen molar-refractivity contribution >= 4 is 23.5 Å². The van der Waals surface area contributed by atoms with Gasteiger partial charge in [-0.05, 0) is 79.6 Å². The molecule has 0 saturated heterocycles. The van der Waals surface area contributed by atoms with Crippen molar-refractivity contribution in [2.24, 2.45) is 11.8 Å². The van der Waals surface area contributed by atoms with E-state index in [2.05, 4.69) is 41.0 Å². The predicted molar refractivity (Wildman–Crippen MR) is 136 cm³/mol. The Morgan fingerprint density at radius 3 is 1.49 bits per heavy atom. The van der Waals surface area contributed by atoms with Gasteiger partial charge in [-0.3, -0.25) is 19.6 Å². The first kappa shape index (κ1) is 24.1. The van der Waals surface area contributed by atoms with Gasteiger partial charge < -0.3 is 10.6 Å². The number of anilines is 2. The lowest BCUT2D eigenvalue weighted by molar-refractivity contribution is -0.116. The molecule has 1 saturated carbocycles. The summed E-state index contributed by atoms with van der Waals surface area (Å²) in [5, 5.41) is 22.4. The zero-order valence-corrected chi connectivity index (χ0v) is 20.1. The molecule has 4 aromatic heterocycles. The van der Waals surface area contributed by atoms with Crippen LogP contribution in [0.25, 0.3) is 0 Å². The van der Waals surface area contributed by atoms with Gasteiger partial charge in [-0.1, -0.05) is 12.1 Å². The molecule has 0 aromatic carbocycles. The molecule has 0 aliphatic heterocycles. The van der Waals surface area contributed by atoms with E-state index in [1.165, 1.54) is 0 Å². The number of pyridine rings is 2. The van der Waals surface area contributed by atoms with Gasteiger partial charge in [0.1, 0.15) is 0 Å². The number of nitrogens with zero attached hydrogens (tertiary/aromatic N) is 6. The summed E-state index contributed by atoms with van der Waals surface area (Å²) < 4.78 is 0. The maximum absolute atomic E-state index is 12.2. The van der Waals surface area contributed by atoms with E-state index in [0.717, 1.165) is 30.7 Å². The quantitative estimate of drug-likeness (QED) is 0.344. The van der Waals surface area contributed by atoms with Gasteiger partial charge in [-0.25, -0.2) is 0 Å². The largest absolute Gasteiger partial charge is 0.309 e. The van der Waals surface area contributed by atoms with Gasteiger partial charge in [0.25, 0.3) is 0 Å². The van der Waals surface area contributed by atoms with Gasteiger partial charge in [0.2, 0.25) is 11.8 Å². The summed E-state index contributed by atoms with van der Waals surface area (Å²) in [7, 11) is 0. The minimum absolute atomic E-state index is 0.178.